The quantitative estimate of drug-likeness (QED) is 0.442. The van der Waals surface area contributed by atoms with Gasteiger partial charge in [-0.2, -0.15) is 4.98 Å². The van der Waals surface area contributed by atoms with Crippen LogP contribution in [0.15, 0.2) is 79.6 Å². The summed E-state index contributed by atoms with van der Waals surface area (Å²) in [6.45, 7) is 2.76. The fourth-order valence-electron chi connectivity index (χ4n) is 3.60. The molecule has 0 spiro atoms. The molecule has 0 radical (unpaired) electrons. The van der Waals surface area contributed by atoms with E-state index in [-0.39, 0.29) is 30.0 Å². The van der Waals surface area contributed by atoms with Crippen molar-refractivity contribution in [2.24, 2.45) is 0 Å². The summed E-state index contributed by atoms with van der Waals surface area (Å²) in [4.78, 5) is 33.3. The van der Waals surface area contributed by atoms with Gasteiger partial charge in [-0.1, -0.05) is 36.0 Å². The van der Waals surface area contributed by atoms with Gasteiger partial charge in [0.15, 0.2) is 5.76 Å². The van der Waals surface area contributed by atoms with Crippen LogP contribution in [0.5, 0.6) is 0 Å². The molecule has 5 rings (SSSR count). The van der Waals surface area contributed by atoms with Gasteiger partial charge in [-0.25, -0.2) is 0 Å². The molecule has 4 aromatic rings. The maximum absolute atomic E-state index is 13.2. The molecule has 2 amide bonds. The smallest absolute Gasteiger partial charge is 0.287 e. The molecule has 2 aromatic carbocycles. The number of carbonyl (C=O) groups is 2. The first-order valence-corrected chi connectivity index (χ1v) is 11.3. The maximum atomic E-state index is 13.2. The predicted octanol–water partition coefficient (Wildman–Crippen LogP) is 4.78. The number of nitrogens with zero attached hydrogens (tertiary/aromatic N) is 3. The van der Waals surface area contributed by atoms with Crippen LogP contribution in [0.25, 0.3) is 11.4 Å². The number of furan rings is 1. The van der Waals surface area contributed by atoms with Gasteiger partial charge in [-0.3, -0.25) is 9.59 Å². The fraction of sp³-hybridized carbons (Fsp3) is 0.167. The van der Waals surface area contributed by atoms with Gasteiger partial charge >= 0.3 is 0 Å². The van der Waals surface area contributed by atoms with E-state index in [1.165, 1.54) is 6.26 Å². The normalized spacial score (nSPS) is 12.8. The summed E-state index contributed by atoms with van der Waals surface area (Å²) in [6, 6.07) is 16.6. The van der Waals surface area contributed by atoms with Crippen LogP contribution in [0.1, 0.15) is 40.1 Å². The average Bonchev–Trinajstić information content (AvgIpc) is 3.52. The van der Waals surface area contributed by atoms with Gasteiger partial charge in [0.1, 0.15) is 0 Å². The van der Waals surface area contributed by atoms with E-state index >= 15 is 0 Å². The first-order chi connectivity index (χ1) is 16.1. The summed E-state index contributed by atoms with van der Waals surface area (Å²) in [5, 5.41) is 6.75. The van der Waals surface area contributed by atoms with Crippen LogP contribution in [0.4, 0.5) is 5.69 Å². The Balaban J connectivity index is 1.41. The molecule has 9 heteroatoms. The van der Waals surface area contributed by atoms with Crippen molar-refractivity contribution in [1.82, 2.24) is 15.5 Å². The van der Waals surface area contributed by atoms with Crippen LogP contribution in [-0.2, 0) is 6.54 Å². The maximum Gasteiger partial charge on any atom is 0.287 e. The molecular weight excluding hydrogens is 440 g/mol. The third kappa shape index (κ3) is 4.14. The highest BCUT2D eigenvalue weighted by Crippen LogP contribution is 2.42. The minimum Gasteiger partial charge on any atom is -0.459 e. The highest BCUT2D eigenvalue weighted by molar-refractivity contribution is 7.99. The molecule has 2 aromatic heterocycles. The molecule has 0 saturated heterocycles. The van der Waals surface area contributed by atoms with Crippen molar-refractivity contribution in [3.05, 3.63) is 78.1 Å². The number of rotatable bonds is 6. The van der Waals surface area contributed by atoms with Gasteiger partial charge in [-0.05, 0) is 48.9 Å². The summed E-state index contributed by atoms with van der Waals surface area (Å²) in [6.07, 6.45) is 2.28. The lowest BCUT2D eigenvalue weighted by Crippen LogP contribution is -2.31. The number of carbonyl (C=O) groups excluding carboxylic acids is 2. The van der Waals surface area contributed by atoms with Crippen LogP contribution < -0.4 is 10.2 Å². The summed E-state index contributed by atoms with van der Waals surface area (Å²) in [5.74, 6) is 0.539. The largest absolute Gasteiger partial charge is 0.459 e. The Morgan fingerprint density at radius 1 is 1.12 bits per heavy atom. The Kier molecular flexibility index (Phi) is 5.70. The van der Waals surface area contributed by atoms with Gasteiger partial charge < -0.3 is 19.2 Å². The van der Waals surface area contributed by atoms with E-state index in [1.807, 2.05) is 47.4 Å². The molecule has 1 aliphatic heterocycles. The minimum absolute atomic E-state index is 0.000552. The van der Waals surface area contributed by atoms with Crippen molar-refractivity contribution in [3.63, 3.8) is 0 Å². The molecule has 1 aliphatic rings. The lowest BCUT2D eigenvalue weighted by atomic mass is 10.1. The van der Waals surface area contributed by atoms with E-state index in [4.69, 9.17) is 8.94 Å². The molecule has 1 N–H and O–H groups in total. The summed E-state index contributed by atoms with van der Waals surface area (Å²) in [5.41, 5.74) is 2.32. The van der Waals surface area contributed by atoms with E-state index in [0.29, 0.717) is 17.9 Å². The lowest BCUT2D eigenvalue weighted by Gasteiger charge is -2.22. The van der Waals surface area contributed by atoms with Crippen molar-refractivity contribution in [3.8, 4) is 11.4 Å². The van der Waals surface area contributed by atoms with Gasteiger partial charge in [0.05, 0.1) is 24.1 Å². The first-order valence-electron chi connectivity index (χ1n) is 10.5. The molecule has 3 heterocycles. The average molecular weight is 461 g/mol. The van der Waals surface area contributed by atoms with Gasteiger partial charge in [-0.15, -0.1) is 0 Å². The standard InChI is InChI=1S/C24H20N4O4S/c1-2-11-28-17-10-9-15(13-20(17)33-19-8-4-3-6-16(19)24(28)30)22-26-21(32-27-22)14-25-23(29)18-7-5-12-31-18/h3-10,12-13H,2,11,14H2,1H3,(H,25,29). The number of hydrogen-bond donors (Lipinski definition) is 1. The second-order valence-electron chi connectivity index (χ2n) is 7.41. The number of hydrogen-bond acceptors (Lipinski definition) is 7. The zero-order valence-corrected chi connectivity index (χ0v) is 18.6. The Morgan fingerprint density at radius 3 is 2.82 bits per heavy atom. The van der Waals surface area contributed by atoms with Crippen LogP contribution >= 0.6 is 11.8 Å². The van der Waals surface area contributed by atoms with Crippen molar-refractivity contribution in [2.75, 3.05) is 11.4 Å². The zero-order valence-electron chi connectivity index (χ0n) is 17.8. The molecule has 0 bridgehead atoms. The lowest BCUT2D eigenvalue weighted by molar-refractivity contribution is 0.0917. The molecule has 0 aliphatic carbocycles. The van der Waals surface area contributed by atoms with Crippen molar-refractivity contribution < 1.29 is 18.5 Å². The molecule has 33 heavy (non-hydrogen) atoms. The van der Waals surface area contributed by atoms with Crippen LogP contribution in [-0.4, -0.2) is 28.5 Å². The molecule has 8 nitrogen and oxygen atoms in total. The Labute approximate surface area is 194 Å². The van der Waals surface area contributed by atoms with E-state index in [0.717, 1.165) is 27.5 Å². The number of nitrogens with one attached hydrogen (secondary N) is 1. The third-order valence-corrected chi connectivity index (χ3v) is 6.27. The number of anilines is 1. The Bertz CT molecular complexity index is 1320. The van der Waals surface area contributed by atoms with Crippen LogP contribution in [0.2, 0.25) is 0 Å². The summed E-state index contributed by atoms with van der Waals surface area (Å²) in [7, 11) is 0. The molecule has 0 saturated carbocycles. The SMILES string of the molecule is CCCN1C(=O)c2ccccc2Sc2cc(-c3noc(CNC(=O)c4ccco4)n3)ccc21. The van der Waals surface area contributed by atoms with Crippen molar-refractivity contribution in [2.45, 2.75) is 29.7 Å². The number of amides is 2. The molecule has 0 atom stereocenters. The minimum atomic E-state index is -0.361. The van der Waals surface area contributed by atoms with E-state index < -0.39 is 0 Å². The first kappa shape index (κ1) is 21.0. The van der Waals surface area contributed by atoms with Crippen molar-refractivity contribution >= 4 is 29.3 Å². The second kappa shape index (κ2) is 8.95. The van der Waals surface area contributed by atoms with Gasteiger partial charge in [0.25, 0.3) is 11.8 Å². The molecular formula is C24H20N4O4S. The van der Waals surface area contributed by atoms with Crippen LogP contribution in [0, 0.1) is 0 Å². The highest BCUT2D eigenvalue weighted by atomic mass is 32.2. The van der Waals surface area contributed by atoms with Gasteiger partial charge in [0.2, 0.25) is 11.7 Å². The third-order valence-electron chi connectivity index (χ3n) is 5.15. The summed E-state index contributed by atoms with van der Waals surface area (Å²) < 4.78 is 10.4. The summed E-state index contributed by atoms with van der Waals surface area (Å²) >= 11 is 1.55. The number of aromatic nitrogens is 2. The van der Waals surface area contributed by atoms with E-state index in [9.17, 15) is 9.59 Å². The van der Waals surface area contributed by atoms with Crippen molar-refractivity contribution in [1.29, 1.82) is 0 Å². The highest BCUT2D eigenvalue weighted by Gasteiger charge is 2.27. The van der Waals surface area contributed by atoms with E-state index in [2.05, 4.69) is 22.4 Å². The Morgan fingerprint density at radius 2 is 2.00 bits per heavy atom. The monoisotopic (exact) mass is 460 g/mol. The number of fused-ring (bicyclic) bond motifs is 2. The molecule has 166 valence electrons. The van der Waals surface area contributed by atoms with E-state index in [1.54, 1.807) is 23.9 Å². The van der Waals surface area contributed by atoms with Gasteiger partial charge in [0, 0.05) is 21.9 Å². The molecule has 0 unspecified atom stereocenters. The zero-order chi connectivity index (χ0) is 22.8. The van der Waals surface area contributed by atoms with Crippen LogP contribution in [0.3, 0.4) is 0 Å². The Hall–Kier alpha value is -3.85. The fourth-order valence-corrected chi connectivity index (χ4v) is 4.72. The topological polar surface area (TPSA) is 101 Å². The molecule has 0 fully saturated rings. The number of benzene rings is 2. The predicted molar refractivity (Wildman–Crippen MR) is 122 cm³/mol. The second-order valence-corrected chi connectivity index (χ2v) is 8.49.